The summed E-state index contributed by atoms with van der Waals surface area (Å²) in [5.41, 5.74) is 5.79. The predicted molar refractivity (Wildman–Crippen MR) is 82.7 cm³/mol. The number of carbonyl (C=O) groups is 2. The van der Waals surface area contributed by atoms with Gasteiger partial charge in [0.25, 0.3) is 0 Å². The Balaban J connectivity index is 0.00000361. The molecule has 0 aromatic carbocycles. The van der Waals surface area contributed by atoms with Gasteiger partial charge in [0.1, 0.15) is 0 Å². The van der Waals surface area contributed by atoms with Crippen molar-refractivity contribution in [2.24, 2.45) is 11.7 Å². The van der Waals surface area contributed by atoms with Gasteiger partial charge < -0.3 is 16.0 Å². The fourth-order valence-electron chi connectivity index (χ4n) is 2.58. The number of halogens is 1. The number of carbonyl (C=O) groups excluding carboxylic acids is 2. The third kappa shape index (κ3) is 6.09. The number of hydrogen-bond acceptors (Lipinski definition) is 3. The maximum atomic E-state index is 11.8. The molecule has 2 unspecified atom stereocenters. The first kappa shape index (κ1) is 19.2. The quantitative estimate of drug-likeness (QED) is 0.696. The summed E-state index contributed by atoms with van der Waals surface area (Å²) in [5.74, 6) is 0.346. The third-order valence-electron chi connectivity index (χ3n) is 3.83. The number of amides is 2. The van der Waals surface area contributed by atoms with E-state index in [1.54, 1.807) is 0 Å². The van der Waals surface area contributed by atoms with E-state index in [-0.39, 0.29) is 36.2 Å². The molecule has 1 rings (SSSR count). The van der Waals surface area contributed by atoms with Crippen LogP contribution in [0.4, 0.5) is 0 Å². The van der Waals surface area contributed by atoms with E-state index in [9.17, 15) is 9.59 Å². The lowest BCUT2D eigenvalue weighted by atomic mass is 10.1. The Bertz CT molecular complexity index is 309. The Kier molecular flexibility index (Phi) is 9.59. The summed E-state index contributed by atoms with van der Waals surface area (Å²) in [7, 11) is 0. The number of nitrogens with zero attached hydrogens (tertiary/aromatic N) is 1. The average molecular weight is 306 g/mol. The first-order valence-electron chi connectivity index (χ1n) is 7.39. The van der Waals surface area contributed by atoms with Crippen LogP contribution in [-0.2, 0) is 9.59 Å². The maximum absolute atomic E-state index is 11.8. The first-order chi connectivity index (χ1) is 9.08. The molecule has 0 saturated heterocycles. The zero-order valence-electron chi connectivity index (χ0n) is 12.6. The minimum absolute atomic E-state index is 0. The molecule has 0 aromatic heterocycles. The van der Waals surface area contributed by atoms with Gasteiger partial charge in [-0.1, -0.05) is 0 Å². The summed E-state index contributed by atoms with van der Waals surface area (Å²) in [5, 5.41) is 2.91. The highest BCUT2D eigenvalue weighted by atomic mass is 35.5. The Morgan fingerprint density at radius 3 is 2.40 bits per heavy atom. The molecule has 0 spiro atoms. The minimum atomic E-state index is 0. The fourth-order valence-corrected chi connectivity index (χ4v) is 2.58. The van der Waals surface area contributed by atoms with E-state index in [1.165, 1.54) is 0 Å². The Hall–Kier alpha value is -0.810. The molecule has 1 aliphatic carbocycles. The lowest BCUT2D eigenvalue weighted by Crippen LogP contribution is -2.33. The number of nitrogens with two attached hydrogens (primary N) is 1. The Morgan fingerprint density at radius 2 is 1.90 bits per heavy atom. The molecule has 20 heavy (non-hydrogen) atoms. The topological polar surface area (TPSA) is 75.4 Å². The molecule has 1 fully saturated rings. The van der Waals surface area contributed by atoms with Crippen LogP contribution >= 0.6 is 12.4 Å². The van der Waals surface area contributed by atoms with Crippen molar-refractivity contribution >= 4 is 24.2 Å². The smallest absolute Gasteiger partial charge is 0.223 e. The molecule has 0 heterocycles. The average Bonchev–Trinajstić information content (AvgIpc) is 2.82. The Labute approximate surface area is 128 Å². The van der Waals surface area contributed by atoms with Crippen molar-refractivity contribution in [3.05, 3.63) is 0 Å². The zero-order chi connectivity index (χ0) is 14.3. The second kappa shape index (κ2) is 10.00. The molecule has 2 atom stereocenters. The van der Waals surface area contributed by atoms with Gasteiger partial charge in [0.2, 0.25) is 11.8 Å². The highest BCUT2D eigenvalue weighted by Gasteiger charge is 2.27. The van der Waals surface area contributed by atoms with E-state index in [4.69, 9.17) is 5.73 Å². The Morgan fingerprint density at radius 1 is 1.25 bits per heavy atom. The SMILES string of the molecule is CCN(CC)C(=O)CCCNC(=O)C1CCC(N)C1.Cl. The summed E-state index contributed by atoms with van der Waals surface area (Å²) in [4.78, 5) is 25.4. The predicted octanol–water partition coefficient (Wildman–Crippen LogP) is 1.30. The van der Waals surface area contributed by atoms with Crippen LogP contribution in [0.25, 0.3) is 0 Å². The third-order valence-corrected chi connectivity index (χ3v) is 3.83. The molecule has 3 N–H and O–H groups in total. The normalized spacial score (nSPS) is 21.1. The molecule has 6 heteroatoms. The molecule has 0 aliphatic heterocycles. The van der Waals surface area contributed by atoms with Gasteiger partial charge in [-0.15, -0.1) is 12.4 Å². The van der Waals surface area contributed by atoms with E-state index < -0.39 is 0 Å². The van der Waals surface area contributed by atoms with Crippen molar-refractivity contribution < 1.29 is 9.59 Å². The van der Waals surface area contributed by atoms with Crippen LogP contribution in [0.15, 0.2) is 0 Å². The monoisotopic (exact) mass is 305 g/mol. The second-order valence-corrected chi connectivity index (χ2v) is 5.23. The lowest BCUT2D eigenvalue weighted by Gasteiger charge is -2.18. The van der Waals surface area contributed by atoms with Crippen LogP contribution in [0.3, 0.4) is 0 Å². The fraction of sp³-hybridized carbons (Fsp3) is 0.857. The zero-order valence-corrected chi connectivity index (χ0v) is 13.4. The van der Waals surface area contributed by atoms with Gasteiger partial charge in [0.05, 0.1) is 0 Å². The molecule has 1 aliphatic rings. The van der Waals surface area contributed by atoms with E-state index in [0.29, 0.717) is 19.4 Å². The van der Waals surface area contributed by atoms with Gasteiger partial charge in [0, 0.05) is 38.0 Å². The van der Waals surface area contributed by atoms with E-state index in [1.807, 2.05) is 18.7 Å². The van der Waals surface area contributed by atoms with Gasteiger partial charge in [-0.3, -0.25) is 9.59 Å². The highest BCUT2D eigenvalue weighted by Crippen LogP contribution is 2.23. The standard InChI is InChI=1S/C14H27N3O2.ClH/c1-3-17(4-2)13(18)6-5-9-16-14(19)11-7-8-12(15)10-11;/h11-12H,3-10,15H2,1-2H3,(H,16,19);1H. The van der Waals surface area contributed by atoms with Gasteiger partial charge in [-0.2, -0.15) is 0 Å². The molecule has 118 valence electrons. The van der Waals surface area contributed by atoms with Crippen LogP contribution in [-0.4, -0.2) is 42.4 Å². The summed E-state index contributed by atoms with van der Waals surface area (Å²) >= 11 is 0. The van der Waals surface area contributed by atoms with Crippen molar-refractivity contribution in [3.63, 3.8) is 0 Å². The van der Waals surface area contributed by atoms with Gasteiger partial charge in [-0.25, -0.2) is 0 Å². The summed E-state index contributed by atoms with van der Waals surface area (Å²) < 4.78 is 0. The van der Waals surface area contributed by atoms with Crippen molar-refractivity contribution in [2.45, 2.75) is 52.0 Å². The van der Waals surface area contributed by atoms with Crippen LogP contribution in [0.1, 0.15) is 46.0 Å². The van der Waals surface area contributed by atoms with Crippen molar-refractivity contribution in [1.29, 1.82) is 0 Å². The van der Waals surface area contributed by atoms with Crippen molar-refractivity contribution in [3.8, 4) is 0 Å². The first-order valence-corrected chi connectivity index (χ1v) is 7.39. The van der Waals surface area contributed by atoms with E-state index in [0.717, 1.165) is 32.4 Å². The van der Waals surface area contributed by atoms with E-state index in [2.05, 4.69) is 5.32 Å². The van der Waals surface area contributed by atoms with Crippen LogP contribution < -0.4 is 11.1 Å². The van der Waals surface area contributed by atoms with Crippen LogP contribution in [0, 0.1) is 5.92 Å². The number of hydrogen-bond donors (Lipinski definition) is 2. The number of rotatable bonds is 7. The highest BCUT2D eigenvalue weighted by molar-refractivity contribution is 5.85. The molecule has 5 nitrogen and oxygen atoms in total. The molecular formula is C14H28ClN3O2. The van der Waals surface area contributed by atoms with Crippen LogP contribution in [0.5, 0.6) is 0 Å². The van der Waals surface area contributed by atoms with Crippen molar-refractivity contribution in [1.82, 2.24) is 10.2 Å². The maximum Gasteiger partial charge on any atom is 0.223 e. The second-order valence-electron chi connectivity index (χ2n) is 5.23. The molecule has 0 radical (unpaired) electrons. The molecule has 2 amide bonds. The van der Waals surface area contributed by atoms with Gasteiger partial charge in [-0.05, 0) is 39.5 Å². The molecule has 0 bridgehead atoms. The van der Waals surface area contributed by atoms with E-state index >= 15 is 0 Å². The minimum Gasteiger partial charge on any atom is -0.356 e. The van der Waals surface area contributed by atoms with Crippen molar-refractivity contribution in [2.75, 3.05) is 19.6 Å². The molecular weight excluding hydrogens is 278 g/mol. The summed E-state index contributed by atoms with van der Waals surface area (Å²) in [6, 6.07) is 0.181. The van der Waals surface area contributed by atoms with Gasteiger partial charge in [0.15, 0.2) is 0 Å². The summed E-state index contributed by atoms with van der Waals surface area (Å²) in [6.07, 6.45) is 3.85. The van der Waals surface area contributed by atoms with Crippen LogP contribution in [0.2, 0.25) is 0 Å². The number of nitrogens with one attached hydrogen (secondary N) is 1. The molecule has 1 saturated carbocycles. The lowest BCUT2D eigenvalue weighted by molar-refractivity contribution is -0.131. The largest absolute Gasteiger partial charge is 0.356 e. The van der Waals surface area contributed by atoms with Gasteiger partial charge >= 0.3 is 0 Å². The summed E-state index contributed by atoms with van der Waals surface area (Å²) in [6.45, 7) is 6.04. The molecule has 0 aromatic rings.